The molecule has 1 saturated heterocycles. The Morgan fingerprint density at radius 3 is 2.17 bits per heavy atom. The Bertz CT molecular complexity index is 517. The van der Waals surface area contributed by atoms with Gasteiger partial charge in [0.2, 0.25) is 0 Å². The lowest BCUT2D eigenvalue weighted by Crippen LogP contribution is -2.45. The molecule has 0 aromatic heterocycles. The van der Waals surface area contributed by atoms with Gasteiger partial charge in [-0.3, -0.25) is 4.90 Å². The summed E-state index contributed by atoms with van der Waals surface area (Å²) < 4.78 is 78.7. The molecule has 0 unspecified atom stereocenters. The normalized spacial score (nSPS) is 17.7. The zero-order valence-corrected chi connectivity index (χ0v) is 12.9. The second-order valence-corrected chi connectivity index (χ2v) is 5.21. The Morgan fingerprint density at radius 1 is 1.04 bits per heavy atom. The van der Waals surface area contributed by atoms with Crippen molar-refractivity contribution in [3.05, 3.63) is 35.1 Å². The van der Waals surface area contributed by atoms with Crippen molar-refractivity contribution in [1.82, 2.24) is 10.2 Å². The van der Waals surface area contributed by atoms with E-state index in [9.17, 15) is 26.3 Å². The number of rotatable bonds is 4. The Kier molecular flexibility index (Phi) is 7.16. The summed E-state index contributed by atoms with van der Waals surface area (Å²) in [5, 5.41) is 3.01. The van der Waals surface area contributed by atoms with Gasteiger partial charge in [0, 0.05) is 44.2 Å². The minimum Gasteiger partial charge on any atom is -0.314 e. The van der Waals surface area contributed by atoms with E-state index in [1.807, 2.05) is 0 Å². The summed E-state index contributed by atoms with van der Waals surface area (Å²) in [6, 6.07) is 0.239. The maximum atomic E-state index is 13.9. The molecule has 1 aromatic carbocycles. The zero-order valence-electron chi connectivity index (χ0n) is 12.1. The van der Waals surface area contributed by atoms with Crippen LogP contribution in [0.25, 0.3) is 0 Å². The summed E-state index contributed by atoms with van der Waals surface area (Å²) in [5.41, 5.74) is -0.619. The summed E-state index contributed by atoms with van der Waals surface area (Å²) in [5.74, 6) is -3.70. The number of piperazine rings is 1. The van der Waals surface area contributed by atoms with E-state index in [1.165, 1.54) is 0 Å². The van der Waals surface area contributed by atoms with Crippen LogP contribution >= 0.6 is 12.4 Å². The standard InChI is InChI=1S/C14H16F6N2.ClH/c15-9-1-2-10(16)13(17)12(9)11(3-4-14(18,19)20)22-7-5-21-6-8-22;/h1-2,11,21H,3-8H2;1H/t11-;/m1./s1. The average Bonchev–Trinajstić information content (AvgIpc) is 2.46. The van der Waals surface area contributed by atoms with Gasteiger partial charge in [-0.15, -0.1) is 12.4 Å². The molecule has 0 spiro atoms. The van der Waals surface area contributed by atoms with E-state index in [0.717, 1.165) is 6.07 Å². The van der Waals surface area contributed by atoms with Crippen molar-refractivity contribution in [2.45, 2.75) is 25.1 Å². The van der Waals surface area contributed by atoms with Gasteiger partial charge in [-0.2, -0.15) is 13.2 Å². The number of benzene rings is 1. The molecular formula is C14H17ClF6N2. The maximum absolute atomic E-state index is 13.9. The molecule has 1 atom stereocenters. The Morgan fingerprint density at radius 2 is 1.61 bits per heavy atom. The van der Waals surface area contributed by atoms with Crippen molar-refractivity contribution in [3.63, 3.8) is 0 Å². The van der Waals surface area contributed by atoms with E-state index in [2.05, 4.69) is 5.32 Å². The first-order valence-electron chi connectivity index (χ1n) is 6.94. The lowest BCUT2D eigenvalue weighted by atomic mass is 9.98. The molecule has 0 saturated carbocycles. The summed E-state index contributed by atoms with van der Waals surface area (Å²) >= 11 is 0. The fourth-order valence-electron chi connectivity index (χ4n) is 2.65. The molecule has 1 aromatic rings. The van der Waals surface area contributed by atoms with E-state index in [0.29, 0.717) is 32.2 Å². The second-order valence-electron chi connectivity index (χ2n) is 5.21. The zero-order chi connectivity index (χ0) is 16.3. The number of hydrogen-bond acceptors (Lipinski definition) is 2. The highest BCUT2D eigenvalue weighted by atomic mass is 35.5. The van der Waals surface area contributed by atoms with Crippen molar-refractivity contribution in [3.8, 4) is 0 Å². The lowest BCUT2D eigenvalue weighted by molar-refractivity contribution is -0.138. The van der Waals surface area contributed by atoms with Crippen molar-refractivity contribution >= 4 is 12.4 Å². The van der Waals surface area contributed by atoms with Crippen LogP contribution in [-0.2, 0) is 0 Å². The highest BCUT2D eigenvalue weighted by molar-refractivity contribution is 5.85. The predicted octanol–water partition coefficient (Wildman–Crippen LogP) is 3.81. The van der Waals surface area contributed by atoms with Crippen LogP contribution in [0.2, 0.25) is 0 Å². The molecule has 132 valence electrons. The van der Waals surface area contributed by atoms with Gasteiger partial charge in [-0.1, -0.05) is 0 Å². The molecule has 1 aliphatic heterocycles. The van der Waals surface area contributed by atoms with Gasteiger partial charge in [-0.25, -0.2) is 13.2 Å². The number of alkyl halides is 3. The molecule has 2 nitrogen and oxygen atoms in total. The van der Waals surface area contributed by atoms with Gasteiger partial charge >= 0.3 is 6.18 Å². The highest BCUT2D eigenvalue weighted by Gasteiger charge is 2.34. The lowest BCUT2D eigenvalue weighted by Gasteiger charge is -2.35. The third-order valence-corrected chi connectivity index (χ3v) is 3.71. The second kappa shape index (κ2) is 8.21. The molecule has 9 heteroatoms. The third-order valence-electron chi connectivity index (χ3n) is 3.71. The van der Waals surface area contributed by atoms with Gasteiger partial charge in [0.05, 0.1) is 0 Å². The topological polar surface area (TPSA) is 15.3 Å². The summed E-state index contributed by atoms with van der Waals surface area (Å²) in [7, 11) is 0. The molecule has 1 heterocycles. The first-order valence-corrected chi connectivity index (χ1v) is 6.94. The van der Waals surface area contributed by atoms with Crippen LogP contribution in [0, 0.1) is 17.5 Å². The van der Waals surface area contributed by atoms with E-state index in [-0.39, 0.29) is 12.4 Å². The summed E-state index contributed by atoms with van der Waals surface area (Å²) in [4.78, 5) is 1.56. The molecule has 0 amide bonds. The van der Waals surface area contributed by atoms with Crippen LogP contribution in [-0.4, -0.2) is 37.3 Å². The highest BCUT2D eigenvalue weighted by Crippen LogP contribution is 2.34. The molecule has 2 rings (SSSR count). The summed E-state index contributed by atoms with van der Waals surface area (Å²) in [6.45, 7) is 1.69. The molecular weight excluding hydrogens is 346 g/mol. The largest absolute Gasteiger partial charge is 0.389 e. The van der Waals surface area contributed by atoms with Crippen molar-refractivity contribution in [1.29, 1.82) is 0 Å². The number of nitrogens with one attached hydrogen (secondary N) is 1. The Balaban J connectivity index is 0.00000264. The third kappa shape index (κ3) is 5.26. The van der Waals surface area contributed by atoms with Crippen LogP contribution in [0.4, 0.5) is 26.3 Å². The van der Waals surface area contributed by atoms with Gasteiger partial charge in [0.25, 0.3) is 0 Å². The van der Waals surface area contributed by atoms with Crippen LogP contribution in [0.1, 0.15) is 24.4 Å². The van der Waals surface area contributed by atoms with Crippen LogP contribution in [0.3, 0.4) is 0 Å². The number of nitrogens with zero attached hydrogens (tertiary/aromatic N) is 1. The molecule has 0 aliphatic carbocycles. The van der Waals surface area contributed by atoms with Crippen LogP contribution in [0.15, 0.2) is 12.1 Å². The van der Waals surface area contributed by atoms with Gasteiger partial charge in [0.15, 0.2) is 11.6 Å². The Hall–Kier alpha value is -0.990. The van der Waals surface area contributed by atoms with E-state index in [4.69, 9.17) is 0 Å². The van der Waals surface area contributed by atoms with Crippen LogP contribution in [0.5, 0.6) is 0 Å². The first kappa shape index (κ1) is 20.1. The van der Waals surface area contributed by atoms with Gasteiger partial charge in [-0.05, 0) is 18.6 Å². The van der Waals surface area contributed by atoms with Crippen molar-refractivity contribution in [2.75, 3.05) is 26.2 Å². The molecule has 23 heavy (non-hydrogen) atoms. The minimum atomic E-state index is -4.44. The van der Waals surface area contributed by atoms with E-state index in [1.54, 1.807) is 4.90 Å². The molecule has 1 aliphatic rings. The van der Waals surface area contributed by atoms with Crippen molar-refractivity contribution in [2.24, 2.45) is 0 Å². The molecule has 0 bridgehead atoms. The minimum absolute atomic E-state index is 0. The SMILES string of the molecule is Cl.Fc1ccc(F)c([C@@H](CCC(F)(F)F)N2CCNCC2)c1F. The smallest absolute Gasteiger partial charge is 0.314 e. The van der Waals surface area contributed by atoms with E-state index < -0.39 is 48.1 Å². The monoisotopic (exact) mass is 362 g/mol. The predicted molar refractivity (Wildman–Crippen MR) is 76.0 cm³/mol. The fraction of sp³-hybridized carbons (Fsp3) is 0.571. The summed E-state index contributed by atoms with van der Waals surface area (Å²) in [6.07, 6.45) is -6.13. The maximum Gasteiger partial charge on any atom is 0.389 e. The van der Waals surface area contributed by atoms with Gasteiger partial charge < -0.3 is 5.32 Å². The average molecular weight is 363 g/mol. The van der Waals surface area contributed by atoms with Crippen LogP contribution < -0.4 is 5.32 Å². The number of halogens is 7. The van der Waals surface area contributed by atoms with Gasteiger partial charge in [0.1, 0.15) is 5.82 Å². The first-order chi connectivity index (χ1) is 10.3. The van der Waals surface area contributed by atoms with E-state index >= 15 is 0 Å². The Labute approximate surface area is 136 Å². The quantitative estimate of drug-likeness (QED) is 0.647. The fourth-order valence-corrected chi connectivity index (χ4v) is 2.65. The molecule has 0 radical (unpaired) electrons. The molecule has 1 fully saturated rings. The number of hydrogen-bond donors (Lipinski definition) is 1. The van der Waals surface area contributed by atoms with Crippen molar-refractivity contribution < 1.29 is 26.3 Å². The molecule has 1 N–H and O–H groups in total.